The highest BCUT2D eigenvalue weighted by molar-refractivity contribution is 5.78. The summed E-state index contributed by atoms with van der Waals surface area (Å²) in [4.78, 5) is 66.3. The largest absolute Gasteiger partial charge is 0.465 e. The van der Waals surface area contributed by atoms with E-state index in [1.165, 1.54) is 28.1 Å². The predicted octanol–water partition coefficient (Wildman–Crippen LogP) is 0.413. The lowest BCUT2D eigenvalue weighted by Crippen LogP contribution is -2.72. The second-order valence-corrected chi connectivity index (χ2v) is 10.4. The topological polar surface area (TPSA) is 159 Å². The number of hydrogen-bond acceptors (Lipinski definition) is 13. The van der Waals surface area contributed by atoms with Gasteiger partial charge in [-0.2, -0.15) is 0 Å². The van der Waals surface area contributed by atoms with E-state index in [9.17, 15) is 24.0 Å². The van der Waals surface area contributed by atoms with Crippen LogP contribution in [0.4, 0.5) is 5.69 Å². The average molecular weight is 608 g/mol. The van der Waals surface area contributed by atoms with Crippen molar-refractivity contribution < 1.29 is 52.4 Å². The smallest absolute Gasteiger partial charge is 0.366 e. The number of rotatable bonds is 11. The number of carbonyl (C=O) groups is 5. The van der Waals surface area contributed by atoms with Crippen LogP contribution in [0.15, 0.2) is 30.3 Å². The normalized spacial score (nSPS) is 25.5. The minimum absolute atomic E-state index is 0.0437. The molecular formula is C29H41N3O11. The lowest BCUT2D eigenvalue weighted by atomic mass is 9.85. The number of nitrogens with zero attached hydrogens (tertiary/aromatic N) is 2. The third kappa shape index (κ3) is 8.65. The van der Waals surface area contributed by atoms with Gasteiger partial charge in [-0.3, -0.25) is 24.1 Å². The molecule has 2 heterocycles. The Morgan fingerprint density at radius 1 is 0.930 bits per heavy atom. The molecule has 1 aromatic rings. The van der Waals surface area contributed by atoms with Crippen LogP contribution in [0, 0.1) is 0 Å². The minimum atomic E-state index is -1.98. The molecule has 14 nitrogen and oxygen atoms in total. The van der Waals surface area contributed by atoms with E-state index in [1.54, 1.807) is 0 Å². The molecule has 0 bridgehead atoms. The Hall–Kier alpha value is -3.75. The van der Waals surface area contributed by atoms with Gasteiger partial charge in [0.2, 0.25) is 5.91 Å². The highest BCUT2D eigenvalue weighted by Crippen LogP contribution is 2.37. The number of benzene rings is 1. The Labute approximate surface area is 250 Å². The molecule has 0 aromatic heterocycles. The minimum Gasteiger partial charge on any atom is -0.465 e. The van der Waals surface area contributed by atoms with Crippen molar-refractivity contribution >= 4 is 35.5 Å². The quantitative estimate of drug-likeness (QED) is 0.273. The summed E-state index contributed by atoms with van der Waals surface area (Å²) < 4.78 is 33.2. The van der Waals surface area contributed by atoms with Crippen LogP contribution in [0.3, 0.4) is 0 Å². The average Bonchev–Trinajstić information content (AvgIpc) is 2.98. The Morgan fingerprint density at radius 2 is 1.56 bits per heavy atom. The third-order valence-electron chi connectivity index (χ3n) is 7.43. The lowest BCUT2D eigenvalue weighted by molar-refractivity contribution is -0.301. The van der Waals surface area contributed by atoms with E-state index in [2.05, 4.69) is 15.1 Å². The van der Waals surface area contributed by atoms with Crippen LogP contribution in [0.25, 0.3) is 0 Å². The van der Waals surface area contributed by atoms with E-state index in [-0.39, 0.29) is 6.42 Å². The van der Waals surface area contributed by atoms with E-state index in [0.29, 0.717) is 26.2 Å². The van der Waals surface area contributed by atoms with Crippen molar-refractivity contribution in [2.24, 2.45) is 0 Å². The van der Waals surface area contributed by atoms with E-state index >= 15 is 0 Å². The zero-order valence-electron chi connectivity index (χ0n) is 25.4. The molecule has 238 valence electrons. The molecule has 43 heavy (non-hydrogen) atoms. The number of methoxy groups -OCH3 is 2. The van der Waals surface area contributed by atoms with Crippen LogP contribution in [0.5, 0.6) is 0 Å². The Balaban J connectivity index is 2.07. The third-order valence-corrected chi connectivity index (χ3v) is 7.43. The van der Waals surface area contributed by atoms with Crippen molar-refractivity contribution in [3.63, 3.8) is 0 Å². The standard InChI is InChI=1S/C29H41N3O11/c1-18(33)30-25-23(32-14-12-31(13-15-32)22-10-8-7-9-11-22)16-29(39-6,28(37)38-5)43-27(25)26(42-21(4)36)24(41-20(3)35)17-40-19(2)34/h7-11,23-27H,12-17H2,1-6H3,(H,30,33)/t23-,24+,25+,26+,27+,29+/m0/s1. The van der Waals surface area contributed by atoms with Gasteiger partial charge in [-0.05, 0) is 12.1 Å². The fourth-order valence-corrected chi connectivity index (χ4v) is 5.61. The first-order chi connectivity index (χ1) is 20.4. The molecule has 2 fully saturated rings. The summed E-state index contributed by atoms with van der Waals surface area (Å²) in [5, 5.41) is 2.90. The first-order valence-electron chi connectivity index (χ1n) is 14.0. The van der Waals surface area contributed by atoms with Gasteiger partial charge in [0, 0.05) is 79.1 Å². The molecule has 2 aliphatic rings. The molecule has 1 N–H and O–H groups in total. The summed E-state index contributed by atoms with van der Waals surface area (Å²) in [6, 6.07) is 8.43. The Bertz CT molecular complexity index is 1140. The molecule has 1 aromatic carbocycles. The molecule has 6 atom stereocenters. The van der Waals surface area contributed by atoms with Crippen LogP contribution in [-0.4, -0.2) is 118 Å². The van der Waals surface area contributed by atoms with Crippen molar-refractivity contribution in [2.45, 2.75) is 70.3 Å². The molecule has 0 saturated carbocycles. The second kappa shape index (κ2) is 15.1. The molecule has 2 aliphatic heterocycles. The van der Waals surface area contributed by atoms with Crippen LogP contribution < -0.4 is 10.2 Å². The Morgan fingerprint density at radius 3 is 2.07 bits per heavy atom. The number of para-hydroxylation sites is 1. The van der Waals surface area contributed by atoms with Crippen LogP contribution in [0.1, 0.15) is 34.1 Å². The summed E-state index contributed by atoms with van der Waals surface area (Å²) in [5.41, 5.74) is 1.07. The van der Waals surface area contributed by atoms with Gasteiger partial charge >= 0.3 is 23.9 Å². The number of ether oxygens (including phenoxy) is 6. The van der Waals surface area contributed by atoms with Gasteiger partial charge in [0.1, 0.15) is 12.7 Å². The van der Waals surface area contributed by atoms with Gasteiger partial charge in [0.15, 0.2) is 12.2 Å². The number of piperazine rings is 1. The van der Waals surface area contributed by atoms with Gasteiger partial charge in [0.05, 0.1) is 13.2 Å². The van der Waals surface area contributed by atoms with Crippen LogP contribution in [-0.2, 0) is 52.4 Å². The van der Waals surface area contributed by atoms with Crippen molar-refractivity contribution in [3.05, 3.63) is 30.3 Å². The SMILES string of the molecule is COC(=O)[C@@]1(OC)C[C@H](N2CCN(c3ccccc3)CC2)[C@@H](NC(C)=O)[C@H]([C@H](OC(C)=O)[C@@H](COC(C)=O)OC(C)=O)O1. The number of hydrogen-bond donors (Lipinski definition) is 1. The number of anilines is 1. The molecule has 3 rings (SSSR count). The number of carbonyl (C=O) groups excluding carboxylic acids is 5. The lowest BCUT2D eigenvalue weighted by Gasteiger charge is -2.52. The summed E-state index contributed by atoms with van der Waals surface area (Å²) in [6.07, 6.45) is -4.16. The fraction of sp³-hybridized carbons (Fsp3) is 0.621. The van der Waals surface area contributed by atoms with Crippen LogP contribution in [0.2, 0.25) is 0 Å². The molecule has 2 saturated heterocycles. The van der Waals surface area contributed by atoms with Gasteiger partial charge in [-0.15, -0.1) is 0 Å². The summed E-state index contributed by atoms with van der Waals surface area (Å²) in [7, 11) is 2.46. The van der Waals surface area contributed by atoms with Crippen molar-refractivity contribution in [2.75, 3.05) is 51.9 Å². The molecular weight excluding hydrogens is 566 g/mol. The highest BCUT2D eigenvalue weighted by Gasteiger charge is 2.58. The van der Waals surface area contributed by atoms with Crippen molar-refractivity contribution in [3.8, 4) is 0 Å². The maximum absolute atomic E-state index is 13.2. The van der Waals surface area contributed by atoms with E-state index in [4.69, 9.17) is 28.4 Å². The van der Waals surface area contributed by atoms with Crippen molar-refractivity contribution in [1.82, 2.24) is 10.2 Å². The first kappa shape index (κ1) is 33.7. The van der Waals surface area contributed by atoms with E-state index in [1.807, 2.05) is 30.3 Å². The van der Waals surface area contributed by atoms with Crippen LogP contribution >= 0.6 is 0 Å². The summed E-state index contributed by atoms with van der Waals surface area (Å²) >= 11 is 0. The van der Waals surface area contributed by atoms with E-state index in [0.717, 1.165) is 19.5 Å². The summed E-state index contributed by atoms with van der Waals surface area (Å²) in [5.74, 6) is -5.43. The monoisotopic (exact) mass is 607 g/mol. The zero-order valence-corrected chi connectivity index (χ0v) is 25.4. The van der Waals surface area contributed by atoms with Gasteiger partial charge < -0.3 is 38.6 Å². The number of esters is 4. The van der Waals surface area contributed by atoms with E-state index < -0.39 is 72.6 Å². The second-order valence-electron chi connectivity index (χ2n) is 10.4. The van der Waals surface area contributed by atoms with Gasteiger partial charge in [0.25, 0.3) is 5.79 Å². The summed E-state index contributed by atoms with van der Waals surface area (Å²) in [6.45, 7) is 6.67. The van der Waals surface area contributed by atoms with Crippen molar-refractivity contribution in [1.29, 1.82) is 0 Å². The Kier molecular flexibility index (Phi) is 11.9. The van der Waals surface area contributed by atoms with Gasteiger partial charge in [-0.25, -0.2) is 4.79 Å². The number of amides is 1. The number of nitrogens with one attached hydrogen (secondary N) is 1. The fourth-order valence-electron chi connectivity index (χ4n) is 5.61. The molecule has 0 aliphatic carbocycles. The van der Waals surface area contributed by atoms with Gasteiger partial charge in [-0.1, -0.05) is 18.2 Å². The first-order valence-corrected chi connectivity index (χ1v) is 14.0. The molecule has 0 radical (unpaired) electrons. The predicted molar refractivity (Wildman–Crippen MR) is 151 cm³/mol. The maximum Gasteiger partial charge on any atom is 0.366 e. The highest BCUT2D eigenvalue weighted by atomic mass is 16.7. The molecule has 0 unspecified atom stereocenters. The molecule has 1 amide bonds. The molecule has 14 heteroatoms. The molecule has 0 spiro atoms. The zero-order chi connectivity index (χ0) is 31.7. The maximum atomic E-state index is 13.2.